The summed E-state index contributed by atoms with van der Waals surface area (Å²) < 4.78 is 42.2. The van der Waals surface area contributed by atoms with Crippen LogP contribution in [0.5, 0.6) is 5.75 Å². The molecule has 0 saturated heterocycles. The minimum Gasteiger partial charge on any atom is -0.492 e. The van der Waals surface area contributed by atoms with Crippen LogP contribution in [0.3, 0.4) is 0 Å². The molecule has 0 aromatic heterocycles. The molecule has 0 atom stereocenters. The number of rotatable bonds is 6. The van der Waals surface area contributed by atoms with Gasteiger partial charge in [0, 0.05) is 24.3 Å². The number of allylic oxidation sites excluding steroid dienone is 1. The number of hydrogen-bond donors (Lipinski definition) is 1. The van der Waals surface area contributed by atoms with Crippen LogP contribution in [-0.4, -0.2) is 25.7 Å². The van der Waals surface area contributed by atoms with E-state index < -0.39 is 24.2 Å². The number of hydrogen-bond acceptors (Lipinski definition) is 2. The highest BCUT2D eigenvalue weighted by Crippen LogP contribution is 2.14. The Labute approximate surface area is 102 Å². The Balaban J connectivity index is 2.29. The van der Waals surface area contributed by atoms with Gasteiger partial charge in [-0.25, -0.2) is 13.2 Å². The third-order valence-corrected chi connectivity index (χ3v) is 1.86. The van der Waals surface area contributed by atoms with Crippen LogP contribution >= 0.6 is 0 Å². The molecule has 0 aliphatic carbocycles. The monoisotopic (exact) mass is 259 g/mol. The van der Waals surface area contributed by atoms with E-state index in [-0.39, 0.29) is 18.9 Å². The fourth-order valence-corrected chi connectivity index (χ4v) is 1.17. The Kier molecular flexibility index (Phi) is 5.76. The van der Waals surface area contributed by atoms with E-state index in [9.17, 15) is 18.0 Å². The zero-order valence-corrected chi connectivity index (χ0v) is 9.46. The van der Waals surface area contributed by atoms with Crippen molar-refractivity contribution in [3.63, 3.8) is 0 Å². The van der Waals surface area contributed by atoms with Crippen LogP contribution in [0.25, 0.3) is 0 Å². The van der Waals surface area contributed by atoms with E-state index in [0.29, 0.717) is 0 Å². The summed E-state index contributed by atoms with van der Waals surface area (Å²) in [4.78, 5) is 11.0. The van der Waals surface area contributed by atoms with Gasteiger partial charge in [-0.15, -0.1) is 0 Å². The lowest BCUT2D eigenvalue weighted by Crippen LogP contribution is -2.26. The molecule has 0 aliphatic heterocycles. The molecule has 1 aromatic rings. The molecular formula is C12H12F3NO2. The first kappa shape index (κ1) is 14.1. The third kappa shape index (κ3) is 5.38. The first-order valence-corrected chi connectivity index (χ1v) is 5.21. The molecule has 0 spiro atoms. The van der Waals surface area contributed by atoms with Gasteiger partial charge in [0.05, 0.1) is 6.54 Å². The number of ether oxygens (including phenoxy) is 1. The van der Waals surface area contributed by atoms with Crippen molar-refractivity contribution in [2.45, 2.75) is 0 Å². The predicted molar refractivity (Wildman–Crippen MR) is 60.0 cm³/mol. The Morgan fingerprint density at radius 1 is 1.28 bits per heavy atom. The molecule has 1 amide bonds. The number of carbonyl (C=O) groups is 1. The lowest BCUT2D eigenvalue weighted by molar-refractivity contribution is -0.116. The lowest BCUT2D eigenvalue weighted by Gasteiger charge is -2.06. The van der Waals surface area contributed by atoms with E-state index in [1.165, 1.54) is 0 Å². The highest BCUT2D eigenvalue weighted by Gasteiger charge is 2.01. The Bertz CT molecular complexity index is 415. The van der Waals surface area contributed by atoms with Crippen molar-refractivity contribution >= 4 is 5.91 Å². The van der Waals surface area contributed by atoms with Crippen molar-refractivity contribution in [3.8, 4) is 5.75 Å². The molecule has 1 aromatic carbocycles. The second-order valence-electron chi connectivity index (χ2n) is 3.30. The molecule has 98 valence electrons. The first-order valence-electron chi connectivity index (χ1n) is 5.21. The van der Waals surface area contributed by atoms with E-state index in [1.54, 1.807) is 0 Å². The van der Waals surface area contributed by atoms with Crippen molar-refractivity contribution in [1.29, 1.82) is 0 Å². The molecule has 1 rings (SSSR count). The van der Waals surface area contributed by atoms with Gasteiger partial charge in [0.15, 0.2) is 0 Å². The van der Waals surface area contributed by atoms with E-state index in [0.717, 1.165) is 30.4 Å². The summed E-state index contributed by atoms with van der Waals surface area (Å²) in [6.07, 6.45) is 2.12. The van der Waals surface area contributed by atoms with Gasteiger partial charge in [-0.05, 0) is 6.08 Å². The van der Waals surface area contributed by atoms with Crippen LogP contribution in [0.4, 0.5) is 13.2 Å². The second kappa shape index (κ2) is 7.37. The minimum atomic E-state index is -0.736. The van der Waals surface area contributed by atoms with Crippen LogP contribution < -0.4 is 10.1 Å². The minimum absolute atomic E-state index is 0.0426. The number of carbonyl (C=O) groups excluding carboxylic acids is 1. The third-order valence-electron chi connectivity index (χ3n) is 1.86. The Morgan fingerprint density at radius 2 is 1.94 bits per heavy atom. The van der Waals surface area contributed by atoms with Crippen molar-refractivity contribution < 1.29 is 22.7 Å². The highest BCUT2D eigenvalue weighted by atomic mass is 19.1. The summed E-state index contributed by atoms with van der Waals surface area (Å²) in [5.74, 6) is -1.89. The molecule has 6 heteroatoms. The molecule has 0 bridgehead atoms. The van der Waals surface area contributed by atoms with Crippen LogP contribution in [0, 0.1) is 11.6 Å². The number of benzene rings is 1. The highest BCUT2D eigenvalue weighted by molar-refractivity contribution is 5.87. The maximum absolute atomic E-state index is 12.8. The van der Waals surface area contributed by atoms with E-state index in [2.05, 4.69) is 5.32 Å². The number of halogens is 3. The largest absolute Gasteiger partial charge is 0.492 e. The molecule has 0 aliphatic rings. The average Bonchev–Trinajstić information content (AvgIpc) is 2.31. The van der Waals surface area contributed by atoms with Crippen molar-refractivity contribution in [3.05, 3.63) is 42.0 Å². The maximum Gasteiger partial charge on any atom is 0.243 e. The van der Waals surface area contributed by atoms with Gasteiger partial charge in [0.2, 0.25) is 5.91 Å². The second-order valence-corrected chi connectivity index (χ2v) is 3.30. The summed E-state index contributed by atoms with van der Waals surface area (Å²) in [6.45, 7) is -0.516. The molecule has 0 heterocycles. The molecule has 0 unspecified atom stereocenters. The predicted octanol–water partition coefficient (Wildman–Crippen LogP) is 1.99. The number of nitrogens with one attached hydrogen (secondary N) is 1. The zero-order chi connectivity index (χ0) is 13.4. The number of alkyl halides is 1. The molecular weight excluding hydrogens is 247 g/mol. The van der Waals surface area contributed by atoms with Crippen LogP contribution in [0.1, 0.15) is 0 Å². The van der Waals surface area contributed by atoms with Crippen LogP contribution in [0.2, 0.25) is 0 Å². The van der Waals surface area contributed by atoms with Gasteiger partial charge in [0.25, 0.3) is 0 Å². The van der Waals surface area contributed by atoms with Crippen molar-refractivity contribution in [1.82, 2.24) is 5.32 Å². The SMILES string of the molecule is O=C(/C=C/CF)NCCOc1cc(F)cc(F)c1. The standard InChI is InChI=1S/C12H12F3NO2/c13-3-1-2-12(17)16-4-5-18-11-7-9(14)6-10(15)8-11/h1-2,6-8H,3-5H2,(H,16,17)/b2-1+. The summed E-state index contributed by atoms with van der Waals surface area (Å²) >= 11 is 0. The van der Waals surface area contributed by atoms with Crippen LogP contribution in [0.15, 0.2) is 30.4 Å². The molecule has 0 saturated carbocycles. The Hall–Kier alpha value is -1.98. The topological polar surface area (TPSA) is 38.3 Å². The summed E-state index contributed by atoms with van der Waals surface area (Å²) in [5.41, 5.74) is 0. The fraction of sp³-hybridized carbons (Fsp3) is 0.250. The van der Waals surface area contributed by atoms with Gasteiger partial charge in [0.1, 0.15) is 30.7 Å². The quantitative estimate of drug-likeness (QED) is 0.626. The molecule has 18 heavy (non-hydrogen) atoms. The van der Waals surface area contributed by atoms with Gasteiger partial charge >= 0.3 is 0 Å². The summed E-state index contributed by atoms with van der Waals surface area (Å²) in [5, 5.41) is 2.41. The van der Waals surface area contributed by atoms with Gasteiger partial charge in [-0.1, -0.05) is 0 Å². The maximum atomic E-state index is 12.8. The normalized spacial score (nSPS) is 10.6. The lowest BCUT2D eigenvalue weighted by atomic mass is 10.3. The molecule has 3 nitrogen and oxygen atoms in total. The smallest absolute Gasteiger partial charge is 0.243 e. The van der Waals surface area contributed by atoms with Crippen LogP contribution in [-0.2, 0) is 4.79 Å². The van der Waals surface area contributed by atoms with Crippen molar-refractivity contribution in [2.24, 2.45) is 0 Å². The van der Waals surface area contributed by atoms with Gasteiger partial charge in [-0.3, -0.25) is 4.79 Å². The molecule has 0 radical (unpaired) electrons. The number of amides is 1. The van der Waals surface area contributed by atoms with Gasteiger partial charge in [-0.2, -0.15) is 0 Å². The van der Waals surface area contributed by atoms with Crippen molar-refractivity contribution in [2.75, 3.05) is 19.8 Å². The Morgan fingerprint density at radius 3 is 2.56 bits per heavy atom. The van der Waals surface area contributed by atoms with E-state index in [1.807, 2.05) is 0 Å². The molecule has 0 fully saturated rings. The fourth-order valence-electron chi connectivity index (χ4n) is 1.17. The van der Waals surface area contributed by atoms with E-state index in [4.69, 9.17) is 4.74 Å². The summed E-state index contributed by atoms with van der Waals surface area (Å²) in [6, 6.07) is 2.80. The van der Waals surface area contributed by atoms with Gasteiger partial charge < -0.3 is 10.1 Å². The van der Waals surface area contributed by atoms with E-state index >= 15 is 0 Å². The zero-order valence-electron chi connectivity index (χ0n) is 9.46. The molecule has 1 N–H and O–H groups in total. The first-order chi connectivity index (χ1) is 8.61. The average molecular weight is 259 g/mol. The summed E-state index contributed by atoms with van der Waals surface area (Å²) in [7, 11) is 0.